The highest BCUT2D eigenvalue weighted by Crippen LogP contribution is 2.27. The fraction of sp³-hybridized carbons (Fsp3) is 0.538. The fourth-order valence-electron chi connectivity index (χ4n) is 2.38. The Bertz CT molecular complexity index is 441. The highest BCUT2D eigenvalue weighted by Gasteiger charge is 2.40. The Balaban J connectivity index is 2.31. The van der Waals surface area contributed by atoms with Gasteiger partial charge in [-0.1, -0.05) is 6.92 Å². The van der Waals surface area contributed by atoms with Crippen molar-refractivity contribution in [1.29, 1.82) is 0 Å². The van der Waals surface area contributed by atoms with Crippen LogP contribution in [-0.2, 0) is 9.59 Å². The highest BCUT2D eigenvalue weighted by atomic mass is 16.3. The van der Waals surface area contributed by atoms with Crippen LogP contribution in [0, 0.1) is 0 Å². The molecule has 2 amide bonds. The average Bonchev–Trinajstić information content (AvgIpc) is 2.86. The Hall–Kier alpha value is -1.78. The largest absolute Gasteiger partial charge is 0.467 e. The van der Waals surface area contributed by atoms with Gasteiger partial charge in [-0.05, 0) is 32.4 Å². The van der Waals surface area contributed by atoms with E-state index < -0.39 is 12.1 Å². The van der Waals surface area contributed by atoms with Crippen molar-refractivity contribution in [3.63, 3.8) is 0 Å². The highest BCUT2D eigenvalue weighted by molar-refractivity contribution is 5.96. The maximum atomic E-state index is 12.2. The number of amides is 2. The lowest BCUT2D eigenvalue weighted by Crippen LogP contribution is -2.62. The first-order valence-corrected chi connectivity index (χ1v) is 6.22. The molecule has 0 spiro atoms. The molecule has 2 heterocycles. The molecule has 1 aromatic rings. The SMILES string of the molecule is CCC1C(=O)NC(C)C(=O)N1C(C)c1ccco1. The van der Waals surface area contributed by atoms with Crippen molar-refractivity contribution < 1.29 is 14.0 Å². The minimum atomic E-state index is -0.474. The summed E-state index contributed by atoms with van der Waals surface area (Å²) >= 11 is 0. The quantitative estimate of drug-likeness (QED) is 0.883. The van der Waals surface area contributed by atoms with E-state index in [-0.39, 0.29) is 17.9 Å². The third kappa shape index (κ3) is 2.00. The predicted molar refractivity (Wildman–Crippen MR) is 65.7 cm³/mol. The van der Waals surface area contributed by atoms with Gasteiger partial charge in [0.05, 0.1) is 12.3 Å². The standard InChI is InChI=1S/C13H18N2O3/c1-4-10-12(16)14-8(2)13(17)15(10)9(3)11-6-5-7-18-11/h5-10H,4H2,1-3H3,(H,14,16). The zero-order chi connectivity index (χ0) is 13.3. The zero-order valence-electron chi connectivity index (χ0n) is 10.8. The van der Waals surface area contributed by atoms with E-state index in [0.29, 0.717) is 12.2 Å². The Morgan fingerprint density at radius 3 is 2.78 bits per heavy atom. The van der Waals surface area contributed by atoms with E-state index in [1.807, 2.05) is 19.9 Å². The van der Waals surface area contributed by atoms with Crippen molar-refractivity contribution in [3.05, 3.63) is 24.2 Å². The molecule has 1 N–H and O–H groups in total. The Kier molecular flexibility index (Phi) is 3.41. The van der Waals surface area contributed by atoms with Crippen LogP contribution in [0.5, 0.6) is 0 Å². The van der Waals surface area contributed by atoms with Crippen LogP contribution < -0.4 is 5.32 Å². The summed E-state index contributed by atoms with van der Waals surface area (Å²) in [7, 11) is 0. The number of hydrogen-bond donors (Lipinski definition) is 1. The maximum absolute atomic E-state index is 12.2. The van der Waals surface area contributed by atoms with Gasteiger partial charge in [-0.25, -0.2) is 0 Å². The number of nitrogens with zero attached hydrogens (tertiary/aromatic N) is 1. The van der Waals surface area contributed by atoms with Crippen molar-refractivity contribution >= 4 is 11.8 Å². The molecular formula is C13H18N2O3. The van der Waals surface area contributed by atoms with E-state index in [1.54, 1.807) is 24.2 Å². The van der Waals surface area contributed by atoms with E-state index in [1.165, 1.54) is 0 Å². The summed E-state index contributed by atoms with van der Waals surface area (Å²) in [6.45, 7) is 5.48. The average molecular weight is 250 g/mol. The second kappa shape index (κ2) is 4.84. The number of furan rings is 1. The second-order valence-corrected chi connectivity index (χ2v) is 4.59. The number of piperazine rings is 1. The maximum Gasteiger partial charge on any atom is 0.246 e. The van der Waals surface area contributed by atoms with Crippen molar-refractivity contribution in [2.24, 2.45) is 0 Å². The van der Waals surface area contributed by atoms with Crippen molar-refractivity contribution in [2.75, 3.05) is 0 Å². The van der Waals surface area contributed by atoms with Crippen molar-refractivity contribution in [3.8, 4) is 0 Å². The van der Waals surface area contributed by atoms with Crippen LogP contribution in [-0.4, -0.2) is 28.8 Å². The first kappa shape index (κ1) is 12.7. The van der Waals surface area contributed by atoms with Gasteiger partial charge in [0.2, 0.25) is 11.8 Å². The van der Waals surface area contributed by atoms with Crippen LogP contribution in [0.1, 0.15) is 39.0 Å². The molecule has 98 valence electrons. The van der Waals surface area contributed by atoms with Crippen LogP contribution in [0.25, 0.3) is 0 Å². The third-order valence-corrected chi connectivity index (χ3v) is 3.38. The minimum absolute atomic E-state index is 0.0645. The number of rotatable bonds is 3. The molecule has 1 aromatic heterocycles. The van der Waals surface area contributed by atoms with E-state index in [2.05, 4.69) is 5.32 Å². The van der Waals surface area contributed by atoms with Crippen LogP contribution in [0.3, 0.4) is 0 Å². The van der Waals surface area contributed by atoms with E-state index in [9.17, 15) is 9.59 Å². The molecule has 1 fully saturated rings. The lowest BCUT2D eigenvalue weighted by atomic mass is 10.0. The topological polar surface area (TPSA) is 62.6 Å². The summed E-state index contributed by atoms with van der Waals surface area (Å²) in [5.41, 5.74) is 0. The van der Waals surface area contributed by atoms with Crippen LogP contribution >= 0.6 is 0 Å². The van der Waals surface area contributed by atoms with Gasteiger partial charge >= 0.3 is 0 Å². The third-order valence-electron chi connectivity index (χ3n) is 3.38. The van der Waals surface area contributed by atoms with Gasteiger partial charge in [0, 0.05) is 0 Å². The van der Waals surface area contributed by atoms with Gasteiger partial charge in [-0.15, -0.1) is 0 Å². The molecule has 0 radical (unpaired) electrons. The molecule has 18 heavy (non-hydrogen) atoms. The first-order chi connectivity index (χ1) is 8.56. The monoisotopic (exact) mass is 250 g/mol. The van der Waals surface area contributed by atoms with Gasteiger partial charge in [0.1, 0.15) is 17.8 Å². The molecule has 0 aromatic carbocycles. The van der Waals surface area contributed by atoms with Gasteiger partial charge in [0.15, 0.2) is 0 Å². The second-order valence-electron chi connectivity index (χ2n) is 4.59. The molecule has 3 atom stereocenters. The Labute approximate surface area is 106 Å². The van der Waals surface area contributed by atoms with E-state index in [0.717, 1.165) is 0 Å². The lowest BCUT2D eigenvalue weighted by Gasteiger charge is -2.40. The van der Waals surface area contributed by atoms with E-state index in [4.69, 9.17) is 4.42 Å². The Morgan fingerprint density at radius 1 is 1.50 bits per heavy atom. The van der Waals surface area contributed by atoms with Gasteiger partial charge in [-0.3, -0.25) is 9.59 Å². The summed E-state index contributed by atoms with van der Waals surface area (Å²) in [6, 6.07) is 2.48. The molecule has 3 unspecified atom stereocenters. The van der Waals surface area contributed by atoms with Crippen LogP contribution in [0.2, 0.25) is 0 Å². The molecule has 1 aliphatic rings. The predicted octanol–water partition coefficient (Wildman–Crippen LogP) is 1.47. The first-order valence-electron chi connectivity index (χ1n) is 6.22. The molecular weight excluding hydrogens is 232 g/mol. The molecule has 0 saturated carbocycles. The number of carbonyl (C=O) groups excluding carboxylic acids is 2. The molecule has 5 heteroatoms. The molecule has 5 nitrogen and oxygen atoms in total. The minimum Gasteiger partial charge on any atom is -0.467 e. The summed E-state index contributed by atoms with van der Waals surface area (Å²) in [5.74, 6) is 0.539. The van der Waals surface area contributed by atoms with Crippen LogP contribution in [0.4, 0.5) is 0 Å². The zero-order valence-corrected chi connectivity index (χ0v) is 10.8. The molecule has 1 aliphatic heterocycles. The summed E-state index contributed by atoms with van der Waals surface area (Å²) in [6.07, 6.45) is 2.17. The number of carbonyl (C=O) groups is 2. The summed E-state index contributed by atoms with van der Waals surface area (Å²) < 4.78 is 5.33. The van der Waals surface area contributed by atoms with Crippen molar-refractivity contribution in [1.82, 2.24) is 10.2 Å². The Morgan fingerprint density at radius 2 is 2.22 bits per heavy atom. The van der Waals surface area contributed by atoms with Gasteiger partial charge < -0.3 is 14.6 Å². The summed E-state index contributed by atoms with van der Waals surface area (Å²) in [4.78, 5) is 25.8. The lowest BCUT2D eigenvalue weighted by molar-refractivity contribution is -0.152. The van der Waals surface area contributed by atoms with Crippen molar-refractivity contribution in [2.45, 2.75) is 45.3 Å². The smallest absolute Gasteiger partial charge is 0.246 e. The normalized spacial score (nSPS) is 26.1. The van der Waals surface area contributed by atoms with E-state index >= 15 is 0 Å². The van der Waals surface area contributed by atoms with Gasteiger partial charge in [-0.2, -0.15) is 0 Å². The van der Waals surface area contributed by atoms with Crippen LogP contribution in [0.15, 0.2) is 22.8 Å². The molecule has 0 aliphatic carbocycles. The molecule has 1 saturated heterocycles. The summed E-state index contributed by atoms with van der Waals surface area (Å²) in [5, 5.41) is 2.70. The number of hydrogen-bond acceptors (Lipinski definition) is 3. The fourth-order valence-corrected chi connectivity index (χ4v) is 2.38. The molecule has 2 rings (SSSR count). The number of nitrogens with one attached hydrogen (secondary N) is 1. The van der Waals surface area contributed by atoms with Gasteiger partial charge in [0.25, 0.3) is 0 Å². The molecule has 0 bridgehead atoms.